The Morgan fingerprint density at radius 2 is 2.12 bits per heavy atom. The first-order chi connectivity index (χ1) is 7.48. The minimum atomic E-state index is -0.328. The second kappa shape index (κ2) is 4.02. The minimum absolute atomic E-state index is 0.202. The molecule has 4 atom stereocenters. The van der Waals surface area contributed by atoms with Gasteiger partial charge in [-0.1, -0.05) is 13.8 Å². The predicted molar refractivity (Wildman–Crippen MR) is 64.9 cm³/mol. The van der Waals surface area contributed by atoms with Crippen LogP contribution in [-0.2, 0) is 4.79 Å². The SMILES string of the molecule is CCC1(C)NC(C)N(C2CCC(C)C2)C1=O. The second-order valence-corrected chi connectivity index (χ2v) is 5.79. The molecule has 3 heteroatoms. The first kappa shape index (κ1) is 11.9. The second-order valence-electron chi connectivity index (χ2n) is 5.79. The summed E-state index contributed by atoms with van der Waals surface area (Å²) >= 11 is 0. The summed E-state index contributed by atoms with van der Waals surface area (Å²) in [6, 6.07) is 0.471. The summed E-state index contributed by atoms with van der Waals surface area (Å²) in [5, 5.41) is 3.45. The fraction of sp³-hybridized carbons (Fsp3) is 0.923. The van der Waals surface area contributed by atoms with E-state index in [1.54, 1.807) is 0 Å². The number of rotatable bonds is 2. The molecule has 1 aliphatic carbocycles. The van der Waals surface area contributed by atoms with Crippen LogP contribution in [0.4, 0.5) is 0 Å². The first-order valence-electron chi connectivity index (χ1n) is 6.58. The van der Waals surface area contributed by atoms with Crippen molar-refractivity contribution in [1.82, 2.24) is 10.2 Å². The quantitative estimate of drug-likeness (QED) is 0.779. The predicted octanol–water partition coefficient (Wildman–Crippen LogP) is 2.12. The summed E-state index contributed by atoms with van der Waals surface area (Å²) in [4.78, 5) is 14.5. The lowest BCUT2D eigenvalue weighted by Gasteiger charge is -2.28. The van der Waals surface area contributed by atoms with Gasteiger partial charge >= 0.3 is 0 Å². The number of hydrogen-bond donors (Lipinski definition) is 1. The van der Waals surface area contributed by atoms with Crippen molar-refractivity contribution in [3.05, 3.63) is 0 Å². The average Bonchev–Trinajstić information content (AvgIpc) is 2.72. The molecule has 4 unspecified atom stereocenters. The zero-order valence-electron chi connectivity index (χ0n) is 10.9. The van der Waals surface area contributed by atoms with E-state index < -0.39 is 0 Å². The van der Waals surface area contributed by atoms with Crippen LogP contribution in [0, 0.1) is 5.92 Å². The zero-order chi connectivity index (χ0) is 11.9. The van der Waals surface area contributed by atoms with E-state index in [0.29, 0.717) is 11.9 Å². The molecule has 92 valence electrons. The number of amides is 1. The monoisotopic (exact) mass is 224 g/mol. The number of nitrogens with one attached hydrogen (secondary N) is 1. The van der Waals surface area contributed by atoms with Gasteiger partial charge in [-0.05, 0) is 45.4 Å². The van der Waals surface area contributed by atoms with Crippen molar-refractivity contribution in [1.29, 1.82) is 0 Å². The standard InChI is InChI=1S/C13H24N2O/c1-5-13(4)12(16)15(10(3)14-13)11-7-6-9(2)8-11/h9-11,14H,5-8H2,1-4H3. The van der Waals surface area contributed by atoms with Crippen molar-refractivity contribution in [2.75, 3.05) is 0 Å². The highest BCUT2D eigenvalue weighted by Gasteiger charge is 2.48. The molecule has 2 rings (SSSR count). The van der Waals surface area contributed by atoms with Crippen molar-refractivity contribution < 1.29 is 4.79 Å². The molecule has 16 heavy (non-hydrogen) atoms. The minimum Gasteiger partial charge on any atom is -0.323 e. The molecule has 0 aromatic heterocycles. The van der Waals surface area contributed by atoms with E-state index >= 15 is 0 Å². The van der Waals surface area contributed by atoms with Crippen molar-refractivity contribution >= 4 is 5.91 Å². The Morgan fingerprint density at radius 3 is 2.56 bits per heavy atom. The number of hydrogen-bond acceptors (Lipinski definition) is 2. The molecule has 0 spiro atoms. The Balaban J connectivity index is 2.14. The molecule has 1 saturated carbocycles. The van der Waals surface area contributed by atoms with Gasteiger partial charge in [0.05, 0.1) is 11.7 Å². The summed E-state index contributed by atoms with van der Waals surface area (Å²) in [5.74, 6) is 1.08. The van der Waals surface area contributed by atoms with Gasteiger partial charge in [-0.2, -0.15) is 0 Å². The zero-order valence-corrected chi connectivity index (χ0v) is 10.9. The van der Waals surface area contributed by atoms with Gasteiger partial charge in [-0.25, -0.2) is 0 Å². The molecule has 2 fully saturated rings. The molecule has 0 radical (unpaired) electrons. The van der Waals surface area contributed by atoms with Gasteiger partial charge < -0.3 is 4.90 Å². The molecule has 0 bridgehead atoms. The van der Waals surface area contributed by atoms with Crippen LogP contribution in [0.15, 0.2) is 0 Å². The smallest absolute Gasteiger partial charge is 0.244 e. The number of nitrogens with zero attached hydrogens (tertiary/aromatic N) is 1. The first-order valence-corrected chi connectivity index (χ1v) is 6.58. The van der Waals surface area contributed by atoms with Crippen LogP contribution >= 0.6 is 0 Å². The topological polar surface area (TPSA) is 32.3 Å². The van der Waals surface area contributed by atoms with Crippen LogP contribution in [0.1, 0.15) is 53.4 Å². The van der Waals surface area contributed by atoms with Gasteiger partial charge in [-0.15, -0.1) is 0 Å². The van der Waals surface area contributed by atoms with E-state index in [-0.39, 0.29) is 11.7 Å². The highest BCUT2D eigenvalue weighted by Crippen LogP contribution is 2.34. The van der Waals surface area contributed by atoms with Crippen molar-refractivity contribution in [3.63, 3.8) is 0 Å². The lowest BCUT2D eigenvalue weighted by atomic mass is 9.99. The van der Waals surface area contributed by atoms with Crippen molar-refractivity contribution in [2.24, 2.45) is 5.92 Å². The van der Waals surface area contributed by atoms with E-state index in [1.807, 2.05) is 6.92 Å². The van der Waals surface area contributed by atoms with Crippen LogP contribution in [0.3, 0.4) is 0 Å². The Hall–Kier alpha value is -0.570. The van der Waals surface area contributed by atoms with Gasteiger partial charge in [0.1, 0.15) is 0 Å². The molecular formula is C13H24N2O. The molecule has 1 saturated heterocycles. The summed E-state index contributed by atoms with van der Waals surface area (Å²) in [7, 11) is 0. The highest BCUT2D eigenvalue weighted by molar-refractivity contribution is 5.88. The molecule has 1 N–H and O–H groups in total. The Kier molecular flexibility index (Phi) is 2.99. The number of carbonyl (C=O) groups excluding carboxylic acids is 1. The summed E-state index contributed by atoms with van der Waals surface area (Å²) in [5.41, 5.74) is -0.328. The van der Waals surface area contributed by atoms with Gasteiger partial charge in [-0.3, -0.25) is 10.1 Å². The molecule has 1 heterocycles. The molecule has 0 aromatic carbocycles. The molecule has 1 aliphatic heterocycles. The Morgan fingerprint density at radius 1 is 1.44 bits per heavy atom. The van der Waals surface area contributed by atoms with Crippen LogP contribution in [0.2, 0.25) is 0 Å². The van der Waals surface area contributed by atoms with Gasteiger partial charge in [0, 0.05) is 6.04 Å². The maximum atomic E-state index is 12.4. The van der Waals surface area contributed by atoms with Crippen molar-refractivity contribution in [2.45, 2.75) is 71.1 Å². The Labute approximate surface area is 98.6 Å². The van der Waals surface area contributed by atoms with Crippen LogP contribution in [-0.4, -0.2) is 28.6 Å². The number of carbonyl (C=O) groups is 1. The normalized spacial score (nSPS) is 44.4. The maximum Gasteiger partial charge on any atom is 0.244 e. The van der Waals surface area contributed by atoms with Gasteiger partial charge in [0.15, 0.2) is 0 Å². The third-order valence-corrected chi connectivity index (χ3v) is 4.42. The third kappa shape index (κ3) is 1.75. The Bertz CT molecular complexity index is 292. The maximum absolute atomic E-state index is 12.4. The summed E-state index contributed by atoms with van der Waals surface area (Å²) < 4.78 is 0. The fourth-order valence-corrected chi connectivity index (χ4v) is 3.22. The molecule has 1 amide bonds. The average molecular weight is 224 g/mol. The van der Waals surface area contributed by atoms with Crippen LogP contribution in [0.5, 0.6) is 0 Å². The molecule has 0 aromatic rings. The lowest BCUT2D eigenvalue weighted by molar-refractivity contribution is -0.134. The van der Waals surface area contributed by atoms with E-state index in [0.717, 1.165) is 12.3 Å². The lowest BCUT2D eigenvalue weighted by Crippen LogP contribution is -2.44. The van der Waals surface area contributed by atoms with Crippen molar-refractivity contribution in [3.8, 4) is 0 Å². The van der Waals surface area contributed by atoms with E-state index in [1.165, 1.54) is 19.3 Å². The van der Waals surface area contributed by atoms with Crippen LogP contribution in [0.25, 0.3) is 0 Å². The summed E-state index contributed by atoms with van der Waals surface area (Å²) in [6.07, 6.45) is 4.70. The molecule has 3 nitrogen and oxygen atoms in total. The van der Waals surface area contributed by atoms with Gasteiger partial charge in [0.25, 0.3) is 0 Å². The third-order valence-electron chi connectivity index (χ3n) is 4.42. The van der Waals surface area contributed by atoms with E-state index in [9.17, 15) is 4.79 Å². The van der Waals surface area contributed by atoms with Crippen LogP contribution < -0.4 is 5.32 Å². The largest absolute Gasteiger partial charge is 0.323 e. The van der Waals surface area contributed by atoms with E-state index in [2.05, 4.69) is 31.0 Å². The summed E-state index contributed by atoms with van der Waals surface area (Å²) in [6.45, 7) is 8.52. The molecule has 2 aliphatic rings. The van der Waals surface area contributed by atoms with E-state index in [4.69, 9.17) is 0 Å². The highest BCUT2D eigenvalue weighted by atomic mass is 16.2. The van der Waals surface area contributed by atoms with Gasteiger partial charge in [0.2, 0.25) is 5.91 Å². The molecular weight excluding hydrogens is 200 g/mol. The fourth-order valence-electron chi connectivity index (χ4n) is 3.22.